The van der Waals surface area contributed by atoms with Gasteiger partial charge in [0, 0.05) is 13.8 Å². The number of esters is 3. The van der Waals surface area contributed by atoms with Crippen molar-refractivity contribution in [2.75, 3.05) is 20.3 Å². The van der Waals surface area contributed by atoms with Gasteiger partial charge in [0.1, 0.15) is 0 Å². The number of hydrogen-bond acceptors (Lipinski definition) is 6. The number of carbonyl (C=O) groups is 3. The van der Waals surface area contributed by atoms with Crippen molar-refractivity contribution >= 4 is 17.9 Å². The molecule has 0 saturated carbocycles. The summed E-state index contributed by atoms with van der Waals surface area (Å²) in [5, 5.41) is 0. The summed E-state index contributed by atoms with van der Waals surface area (Å²) < 4.78 is 12.9. The predicted molar refractivity (Wildman–Crippen MR) is 51.0 cm³/mol. The number of carbonyl (C=O) groups excluding carboxylic acids is 3. The van der Waals surface area contributed by atoms with Crippen molar-refractivity contribution in [3.8, 4) is 0 Å². The molecule has 0 aliphatic heterocycles. The van der Waals surface area contributed by atoms with Gasteiger partial charge in [-0.05, 0) is 6.92 Å². The molecule has 0 radical (unpaired) electrons. The van der Waals surface area contributed by atoms with Crippen molar-refractivity contribution < 1.29 is 28.6 Å². The summed E-state index contributed by atoms with van der Waals surface area (Å²) in [4.78, 5) is 30.2. The van der Waals surface area contributed by atoms with Crippen molar-refractivity contribution in [2.24, 2.45) is 0 Å². The van der Waals surface area contributed by atoms with Crippen LogP contribution in [0.15, 0.2) is 0 Å². The van der Waals surface area contributed by atoms with E-state index in [-0.39, 0.29) is 12.6 Å². The summed E-state index contributed by atoms with van der Waals surface area (Å²) in [6.45, 7) is 4.30. The molecule has 6 heteroatoms. The highest BCUT2D eigenvalue weighted by atomic mass is 16.6. The van der Waals surface area contributed by atoms with Gasteiger partial charge in [-0.15, -0.1) is 0 Å². The van der Waals surface area contributed by atoms with E-state index in [4.69, 9.17) is 0 Å². The summed E-state index contributed by atoms with van der Waals surface area (Å²) in [7, 11) is 1.35. The first-order valence-corrected chi connectivity index (χ1v) is 4.27. The second-order valence-corrected chi connectivity index (χ2v) is 2.28. The van der Waals surface area contributed by atoms with Crippen LogP contribution in [0, 0.1) is 0 Å². The van der Waals surface area contributed by atoms with Gasteiger partial charge in [-0.3, -0.25) is 9.59 Å². The minimum atomic E-state index is -0.516. The highest BCUT2D eigenvalue weighted by Crippen LogP contribution is 1.81. The summed E-state index contributed by atoms with van der Waals surface area (Å²) >= 11 is 0. The molecule has 0 aromatic rings. The summed E-state index contributed by atoms with van der Waals surface area (Å²) in [5.74, 6) is -1.24. The molecule has 0 fully saturated rings. The van der Waals surface area contributed by atoms with E-state index in [1.165, 1.54) is 21.0 Å². The highest BCUT2D eigenvalue weighted by Gasteiger charge is 2.02. The fourth-order valence-corrected chi connectivity index (χ4v) is 0.363. The van der Waals surface area contributed by atoms with Crippen LogP contribution in [0.3, 0.4) is 0 Å². The lowest BCUT2D eigenvalue weighted by atomic mass is 10.7. The van der Waals surface area contributed by atoms with Gasteiger partial charge in [-0.2, -0.15) is 0 Å². The smallest absolute Gasteiger partial charge is 0.344 e. The van der Waals surface area contributed by atoms with E-state index in [2.05, 4.69) is 14.2 Å². The standard InChI is InChI=1S/C6H10O4.C3H6O2/c1-3-9-6(8)4-10-5(2)7;1-3(4)5-2/h3-4H2,1-2H3;1-2H3. The minimum Gasteiger partial charge on any atom is -0.469 e. The molecule has 0 aliphatic carbocycles. The van der Waals surface area contributed by atoms with E-state index in [1.807, 2.05) is 0 Å². The zero-order chi connectivity index (χ0) is 12.3. The van der Waals surface area contributed by atoms with Gasteiger partial charge in [0.2, 0.25) is 0 Å². The van der Waals surface area contributed by atoms with Gasteiger partial charge in [0.25, 0.3) is 0 Å². The fraction of sp³-hybridized carbons (Fsp3) is 0.667. The van der Waals surface area contributed by atoms with Crippen LogP contribution in [0.5, 0.6) is 0 Å². The van der Waals surface area contributed by atoms with Gasteiger partial charge in [0.15, 0.2) is 6.61 Å². The molecule has 6 nitrogen and oxygen atoms in total. The maximum atomic E-state index is 10.4. The van der Waals surface area contributed by atoms with Crippen molar-refractivity contribution in [1.29, 1.82) is 0 Å². The Hall–Kier alpha value is -1.59. The molecule has 0 heterocycles. The third-order valence-corrected chi connectivity index (χ3v) is 0.986. The number of rotatable bonds is 3. The lowest BCUT2D eigenvalue weighted by Gasteiger charge is -2.00. The predicted octanol–water partition coefficient (Wildman–Crippen LogP) is 0.292. The maximum Gasteiger partial charge on any atom is 0.344 e. The van der Waals surface area contributed by atoms with E-state index in [9.17, 15) is 14.4 Å². The van der Waals surface area contributed by atoms with Gasteiger partial charge in [-0.25, -0.2) is 4.79 Å². The second-order valence-electron chi connectivity index (χ2n) is 2.28. The maximum absolute atomic E-state index is 10.4. The van der Waals surface area contributed by atoms with E-state index in [0.29, 0.717) is 6.61 Å². The van der Waals surface area contributed by atoms with Crippen LogP contribution in [-0.4, -0.2) is 38.2 Å². The molecule has 0 aromatic carbocycles. The van der Waals surface area contributed by atoms with Gasteiger partial charge < -0.3 is 14.2 Å². The zero-order valence-corrected chi connectivity index (χ0v) is 9.36. The Morgan fingerprint density at radius 1 is 1.00 bits per heavy atom. The zero-order valence-electron chi connectivity index (χ0n) is 9.36. The monoisotopic (exact) mass is 220 g/mol. The van der Waals surface area contributed by atoms with Crippen molar-refractivity contribution in [3.63, 3.8) is 0 Å². The molecule has 0 saturated heterocycles. The van der Waals surface area contributed by atoms with Gasteiger partial charge >= 0.3 is 17.9 Å². The molecule has 0 amide bonds. The van der Waals surface area contributed by atoms with Crippen LogP contribution < -0.4 is 0 Å². The molecule has 0 bridgehead atoms. The summed E-state index contributed by atoms with van der Waals surface area (Å²) in [5.41, 5.74) is 0. The van der Waals surface area contributed by atoms with E-state index in [1.54, 1.807) is 6.92 Å². The molecule has 0 unspecified atom stereocenters. The lowest BCUT2D eigenvalue weighted by Crippen LogP contribution is -2.14. The third-order valence-electron chi connectivity index (χ3n) is 0.986. The average Bonchev–Trinajstić information content (AvgIpc) is 2.16. The largest absolute Gasteiger partial charge is 0.469 e. The summed E-state index contributed by atoms with van der Waals surface area (Å²) in [6, 6.07) is 0. The molecule has 15 heavy (non-hydrogen) atoms. The number of ether oxygens (including phenoxy) is 3. The highest BCUT2D eigenvalue weighted by molar-refractivity contribution is 5.75. The quantitative estimate of drug-likeness (QED) is 0.502. The first-order valence-electron chi connectivity index (χ1n) is 4.27. The Balaban J connectivity index is 0. The van der Waals surface area contributed by atoms with Crippen LogP contribution >= 0.6 is 0 Å². The fourth-order valence-electron chi connectivity index (χ4n) is 0.363. The van der Waals surface area contributed by atoms with E-state index < -0.39 is 11.9 Å². The number of hydrogen-bond donors (Lipinski definition) is 0. The number of methoxy groups -OCH3 is 1. The van der Waals surface area contributed by atoms with Crippen LogP contribution in [0.25, 0.3) is 0 Å². The van der Waals surface area contributed by atoms with Crippen molar-refractivity contribution in [3.05, 3.63) is 0 Å². The van der Waals surface area contributed by atoms with E-state index >= 15 is 0 Å². The Kier molecular flexibility index (Phi) is 11.1. The molecule has 0 rings (SSSR count). The van der Waals surface area contributed by atoms with Crippen LogP contribution in [0.4, 0.5) is 0 Å². The van der Waals surface area contributed by atoms with Crippen LogP contribution in [0.1, 0.15) is 20.8 Å². The van der Waals surface area contributed by atoms with Crippen molar-refractivity contribution in [2.45, 2.75) is 20.8 Å². The lowest BCUT2D eigenvalue weighted by molar-refractivity contribution is -0.157. The molecule has 0 N–H and O–H groups in total. The third kappa shape index (κ3) is 19.0. The Bertz CT molecular complexity index is 211. The molecule has 0 aliphatic rings. The molecular weight excluding hydrogens is 204 g/mol. The Morgan fingerprint density at radius 2 is 1.47 bits per heavy atom. The topological polar surface area (TPSA) is 78.9 Å². The van der Waals surface area contributed by atoms with Crippen LogP contribution in [0.2, 0.25) is 0 Å². The minimum absolute atomic E-state index is 0.245. The molecule has 0 atom stereocenters. The van der Waals surface area contributed by atoms with Crippen molar-refractivity contribution in [1.82, 2.24) is 0 Å². The molecule has 0 spiro atoms. The Morgan fingerprint density at radius 3 is 1.73 bits per heavy atom. The van der Waals surface area contributed by atoms with Gasteiger partial charge in [0.05, 0.1) is 13.7 Å². The molecule has 0 aromatic heterocycles. The SMILES string of the molecule is CCOC(=O)COC(C)=O.COC(C)=O. The Labute approximate surface area is 88.5 Å². The van der Waals surface area contributed by atoms with Crippen LogP contribution in [-0.2, 0) is 28.6 Å². The summed E-state index contributed by atoms with van der Waals surface area (Å²) in [6.07, 6.45) is 0. The molecular formula is C9H16O6. The first kappa shape index (κ1) is 15.9. The normalized spacial score (nSPS) is 8.00. The molecule has 88 valence electrons. The van der Waals surface area contributed by atoms with E-state index in [0.717, 1.165) is 0 Å². The second kappa shape index (κ2) is 10.5. The first-order chi connectivity index (χ1) is 6.93. The van der Waals surface area contributed by atoms with Gasteiger partial charge in [-0.1, -0.05) is 0 Å². The average molecular weight is 220 g/mol.